The molecule has 1 heterocycles. The SMILES string of the molecule is COCCN(C(=O)C=C(C)c1ccccc1Cl)c1c(N)n(CC(C)C)c(=O)[nH]c1=O. The van der Waals surface area contributed by atoms with Gasteiger partial charge >= 0.3 is 5.69 Å². The Morgan fingerprint density at radius 1 is 1.33 bits per heavy atom. The van der Waals surface area contributed by atoms with Crippen molar-refractivity contribution in [1.82, 2.24) is 9.55 Å². The van der Waals surface area contributed by atoms with Gasteiger partial charge in [-0.05, 0) is 30.0 Å². The Bertz CT molecular complexity index is 1060. The van der Waals surface area contributed by atoms with E-state index in [4.69, 9.17) is 22.1 Å². The third-order valence-electron chi connectivity index (χ3n) is 4.46. The zero-order chi connectivity index (χ0) is 22.4. The Morgan fingerprint density at radius 2 is 2.00 bits per heavy atom. The summed E-state index contributed by atoms with van der Waals surface area (Å²) in [5.74, 6) is -0.434. The van der Waals surface area contributed by atoms with E-state index >= 15 is 0 Å². The summed E-state index contributed by atoms with van der Waals surface area (Å²) in [5.41, 5.74) is 6.07. The summed E-state index contributed by atoms with van der Waals surface area (Å²) in [6.07, 6.45) is 1.38. The van der Waals surface area contributed by atoms with E-state index in [-0.39, 0.29) is 30.6 Å². The van der Waals surface area contributed by atoms with Crippen LogP contribution in [0, 0.1) is 5.92 Å². The average Bonchev–Trinajstić information content (AvgIpc) is 2.67. The Balaban J connectivity index is 2.56. The first-order valence-corrected chi connectivity index (χ1v) is 9.91. The molecule has 162 valence electrons. The topological polar surface area (TPSA) is 110 Å². The first-order valence-electron chi connectivity index (χ1n) is 9.53. The molecule has 2 aromatic rings. The molecule has 0 spiro atoms. The Labute approximate surface area is 179 Å². The Morgan fingerprint density at radius 3 is 2.60 bits per heavy atom. The number of nitrogens with one attached hydrogen (secondary N) is 1. The largest absolute Gasteiger partial charge is 0.383 e. The van der Waals surface area contributed by atoms with Crippen LogP contribution >= 0.6 is 11.6 Å². The number of anilines is 2. The summed E-state index contributed by atoms with van der Waals surface area (Å²) in [6.45, 7) is 6.14. The van der Waals surface area contributed by atoms with Crippen molar-refractivity contribution in [3.63, 3.8) is 0 Å². The number of H-pyrrole nitrogens is 1. The summed E-state index contributed by atoms with van der Waals surface area (Å²) in [5, 5.41) is 0.505. The normalized spacial score (nSPS) is 11.7. The molecule has 0 aliphatic heterocycles. The van der Waals surface area contributed by atoms with Crippen molar-refractivity contribution < 1.29 is 9.53 Å². The molecule has 1 aromatic heterocycles. The predicted molar refractivity (Wildman–Crippen MR) is 120 cm³/mol. The summed E-state index contributed by atoms with van der Waals surface area (Å²) >= 11 is 6.22. The van der Waals surface area contributed by atoms with Crippen LogP contribution in [-0.2, 0) is 16.1 Å². The monoisotopic (exact) mass is 434 g/mol. The van der Waals surface area contributed by atoms with Crippen molar-refractivity contribution in [3.8, 4) is 0 Å². The lowest BCUT2D eigenvalue weighted by molar-refractivity contribution is -0.114. The second-order valence-corrected chi connectivity index (χ2v) is 7.69. The molecular formula is C21H27ClN4O4. The second-order valence-electron chi connectivity index (χ2n) is 7.29. The van der Waals surface area contributed by atoms with Gasteiger partial charge in [-0.25, -0.2) is 4.79 Å². The second kappa shape index (κ2) is 10.3. The van der Waals surface area contributed by atoms with Crippen LogP contribution in [0.25, 0.3) is 5.57 Å². The molecular weight excluding hydrogens is 408 g/mol. The van der Waals surface area contributed by atoms with E-state index in [0.29, 0.717) is 22.7 Å². The average molecular weight is 435 g/mol. The number of allylic oxidation sites excluding steroid dienone is 1. The zero-order valence-corrected chi connectivity index (χ0v) is 18.3. The third kappa shape index (κ3) is 5.40. The van der Waals surface area contributed by atoms with Crippen molar-refractivity contribution in [1.29, 1.82) is 0 Å². The molecule has 0 saturated carbocycles. The van der Waals surface area contributed by atoms with Crippen molar-refractivity contribution >= 4 is 34.6 Å². The molecule has 0 aliphatic rings. The summed E-state index contributed by atoms with van der Waals surface area (Å²) in [7, 11) is 1.49. The molecule has 0 radical (unpaired) electrons. The zero-order valence-electron chi connectivity index (χ0n) is 17.6. The number of nitrogens with zero attached hydrogens (tertiary/aromatic N) is 2. The van der Waals surface area contributed by atoms with Gasteiger partial charge in [-0.3, -0.25) is 24.0 Å². The number of nitrogen functional groups attached to an aromatic ring is 1. The van der Waals surface area contributed by atoms with Gasteiger partial charge in [0, 0.05) is 31.3 Å². The van der Waals surface area contributed by atoms with Crippen LogP contribution in [0.2, 0.25) is 5.02 Å². The fourth-order valence-corrected chi connectivity index (χ4v) is 3.31. The molecule has 0 unspecified atom stereocenters. The summed E-state index contributed by atoms with van der Waals surface area (Å²) in [6, 6.07) is 7.14. The number of rotatable bonds is 8. The van der Waals surface area contributed by atoms with Crippen LogP contribution in [0.15, 0.2) is 39.9 Å². The first-order chi connectivity index (χ1) is 14.2. The fourth-order valence-electron chi connectivity index (χ4n) is 3.02. The number of hydrogen-bond acceptors (Lipinski definition) is 5. The lowest BCUT2D eigenvalue weighted by Crippen LogP contribution is -2.42. The van der Waals surface area contributed by atoms with Gasteiger partial charge in [0.15, 0.2) is 5.69 Å². The smallest absolute Gasteiger partial charge is 0.330 e. The quantitative estimate of drug-likeness (QED) is 0.620. The molecule has 1 aromatic carbocycles. The number of nitrogens with two attached hydrogens (primary N) is 1. The Kier molecular flexibility index (Phi) is 8.02. The fraction of sp³-hybridized carbons (Fsp3) is 0.381. The van der Waals surface area contributed by atoms with Gasteiger partial charge in [0.05, 0.1) is 6.61 Å². The highest BCUT2D eigenvalue weighted by atomic mass is 35.5. The van der Waals surface area contributed by atoms with Gasteiger partial charge in [-0.2, -0.15) is 0 Å². The van der Waals surface area contributed by atoms with Gasteiger partial charge in [-0.1, -0.05) is 43.6 Å². The van der Waals surface area contributed by atoms with Gasteiger partial charge in [0.1, 0.15) is 5.82 Å². The number of aromatic amines is 1. The van der Waals surface area contributed by atoms with E-state index in [1.165, 1.54) is 22.7 Å². The van der Waals surface area contributed by atoms with Crippen molar-refractivity contribution in [2.24, 2.45) is 5.92 Å². The highest BCUT2D eigenvalue weighted by Crippen LogP contribution is 2.24. The lowest BCUT2D eigenvalue weighted by Gasteiger charge is -2.24. The van der Waals surface area contributed by atoms with Crippen LogP contribution in [0.1, 0.15) is 26.3 Å². The van der Waals surface area contributed by atoms with Gasteiger partial charge in [0.25, 0.3) is 11.5 Å². The van der Waals surface area contributed by atoms with E-state index < -0.39 is 17.2 Å². The summed E-state index contributed by atoms with van der Waals surface area (Å²) in [4.78, 5) is 41.4. The maximum absolute atomic E-state index is 13.1. The number of methoxy groups -OCH3 is 1. The molecule has 2 rings (SSSR count). The number of carbonyl (C=O) groups excluding carboxylic acids is 1. The van der Waals surface area contributed by atoms with Crippen LogP contribution < -0.4 is 21.9 Å². The highest BCUT2D eigenvalue weighted by Gasteiger charge is 2.23. The minimum Gasteiger partial charge on any atom is -0.383 e. The summed E-state index contributed by atoms with van der Waals surface area (Å²) < 4.78 is 6.36. The molecule has 3 N–H and O–H groups in total. The van der Waals surface area contributed by atoms with E-state index in [0.717, 1.165) is 0 Å². The van der Waals surface area contributed by atoms with Gasteiger partial charge in [0.2, 0.25) is 0 Å². The maximum Gasteiger partial charge on any atom is 0.330 e. The molecule has 8 nitrogen and oxygen atoms in total. The van der Waals surface area contributed by atoms with E-state index in [2.05, 4.69) is 4.98 Å². The van der Waals surface area contributed by atoms with E-state index in [9.17, 15) is 14.4 Å². The van der Waals surface area contributed by atoms with Crippen LogP contribution in [0.3, 0.4) is 0 Å². The standard InChI is InChI=1S/C21H27ClN4O4/c1-13(2)12-26-19(23)18(20(28)24-21(26)29)25(9-10-30-4)17(27)11-14(3)15-7-5-6-8-16(15)22/h5-8,11,13H,9-10,12,23H2,1-4H3,(H,24,28,29). The van der Waals surface area contributed by atoms with E-state index in [1.807, 2.05) is 19.9 Å². The molecule has 0 bridgehead atoms. The van der Waals surface area contributed by atoms with Crippen molar-refractivity contribution in [3.05, 3.63) is 61.8 Å². The Hall–Kier alpha value is -2.84. The van der Waals surface area contributed by atoms with Crippen LogP contribution in [0.4, 0.5) is 11.5 Å². The highest BCUT2D eigenvalue weighted by molar-refractivity contribution is 6.32. The number of aromatic nitrogens is 2. The number of halogens is 1. The van der Waals surface area contributed by atoms with Crippen LogP contribution in [-0.4, -0.2) is 35.7 Å². The number of hydrogen-bond donors (Lipinski definition) is 2. The maximum atomic E-state index is 13.1. The van der Waals surface area contributed by atoms with Crippen LogP contribution in [0.5, 0.6) is 0 Å². The molecule has 1 amide bonds. The minimum absolute atomic E-state index is 0.0642. The van der Waals surface area contributed by atoms with Gasteiger partial charge in [-0.15, -0.1) is 0 Å². The predicted octanol–water partition coefficient (Wildman–Crippen LogP) is 2.51. The lowest BCUT2D eigenvalue weighted by atomic mass is 10.1. The van der Waals surface area contributed by atoms with E-state index in [1.54, 1.807) is 25.1 Å². The van der Waals surface area contributed by atoms with Crippen molar-refractivity contribution in [2.45, 2.75) is 27.3 Å². The number of benzene rings is 1. The first kappa shape index (κ1) is 23.4. The number of amides is 1. The number of ether oxygens (including phenoxy) is 1. The minimum atomic E-state index is -0.731. The third-order valence-corrected chi connectivity index (χ3v) is 4.79. The number of carbonyl (C=O) groups is 1. The molecule has 0 atom stereocenters. The van der Waals surface area contributed by atoms with Gasteiger partial charge < -0.3 is 10.5 Å². The molecule has 9 heteroatoms. The molecule has 30 heavy (non-hydrogen) atoms. The van der Waals surface area contributed by atoms with Crippen molar-refractivity contribution in [2.75, 3.05) is 30.9 Å². The molecule has 0 fully saturated rings. The molecule has 0 saturated heterocycles. The molecule has 0 aliphatic carbocycles.